The van der Waals surface area contributed by atoms with E-state index in [0.29, 0.717) is 11.3 Å². The first-order valence-electron chi connectivity index (χ1n) is 7.08. The predicted octanol–water partition coefficient (Wildman–Crippen LogP) is 3.62. The Morgan fingerprint density at radius 3 is 2.30 bits per heavy atom. The van der Waals surface area contributed by atoms with Crippen LogP contribution in [0.5, 0.6) is 0 Å². The molecule has 0 fully saturated rings. The Hall–Kier alpha value is -3.07. The number of nitrogens with zero attached hydrogens (tertiary/aromatic N) is 3. The minimum absolute atomic E-state index is 0.149. The summed E-state index contributed by atoms with van der Waals surface area (Å²) in [5, 5.41) is 33.3. The molecule has 0 amide bonds. The van der Waals surface area contributed by atoms with Gasteiger partial charge in [-0.3, -0.25) is 0 Å². The Morgan fingerprint density at radius 1 is 1.00 bits per heavy atom. The van der Waals surface area contributed by atoms with Gasteiger partial charge in [0, 0.05) is 4.88 Å². The molecule has 1 aliphatic heterocycles. The van der Waals surface area contributed by atoms with Gasteiger partial charge in [-0.15, -0.1) is 11.3 Å². The fourth-order valence-corrected chi connectivity index (χ4v) is 3.77. The van der Waals surface area contributed by atoms with E-state index in [1.807, 2.05) is 60.0 Å². The first-order chi connectivity index (χ1) is 11.3. The van der Waals surface area contributed by atoms with E-state index in [9.17, 15) is 15.8 Å². The van der Waals surface area contributed by atoms with Gasteiger partial charge in [0.1, 0.15) is 0 Å². The zero-order chi connectivity index (χ0) is 16.2. The highest BCUT2D eigenvalue weighted by Crippen LogP contribution is 2.45. The Morgan fingerprint density at radius 2 is 1.74 bits per heavy atom. The average Bonchev–Trinajstić information content (AvgIpc) is 3.24. The molecular weight excluding hydrogens is 304 g/mol. The predicted molar refractivity (Wildman–Crippen MR) is 86.7 cm³/mol. The quantitative estimate of drug-likeness (QED) is 0.937. The summed E-state index contributed by atoms with van der Waals surface area (Å²) < 4.78 is 0. The molecule has 0 saturated carbocycles. The minimum atomic E-state index is -0.958. The summed E-state index contributed by atoms with van der Waals surface area (Å²) in [6, 6.07) is 19.7. The lowest BCUT2D eigenvalue weighted by molar-refractivity contribution is 0.583. The molecule has 23 heavy (non-hydrogen) atoms. The van der Waals surface area contributed by atoms with E-state index in [0.717, 1.165) is 10.4 Å². The zero-order valence-corrected chi connectivity index (χ0v) is 12.9. The highest BCUT2D eigenvalue weighted by molar-refractivity contribution is 7.10. The lowest BCUT2D eigenvalue weighted by Gasteiger charge is -2.20. The van der Waals surface area contributed by atoms with Crippen molar-refractivity contribution in [3.05, 3.63) is 69.6 Å². The first-order valence-corrected chi connectivity index (χ1v) is 7.96. The third-order valence-corrected chi connectivity index (χ3v) is 4.88. The van der Waals surface area contributed by atoms with Crippen molar-refractivity contribution in [2.45, 2.75) is 12.0 Å². The second-order valence-corrected chi connectivity index (χ2v) is 6.14. The van der Waals surface area contributed by atoms with Gasteiger partial charge in [-0.25, -0.2) is 0 Å². The van der Waals surface area contributed by atoms with Gasteiger partial charge in [-0.05, 0) is 17.0 Å². The summed E-state index contributed by atoms with van der Waals surface area (Å²) in [5.41, 5.74) is 1.95. The van der Waals surface area contributed by atoms with Crippen LogP contribution in [0.15, 0.2) is 59.1 Å². The standard InChI is InChI=1S/C18H12N4S/c19-9-13(10-20)17-14(11-21)16(15-7-4-8-23-15)18(22-17)12-5-2-1-3-6-12/h1-8,13,16,18,22H/t16-,18-/m0/s1. The lowest BCUT2D eigenvalue weighted by atomic mass is 9.88. The Bertz CT molecular complexity index is 833. The van der Waals surface area contributed by atoms with Crippen LogP contribution in [0.1, 0.15) is 22.4 Å². The van der Waals surface area contributed by atoms with E-state index in [1.54, 1.807) is 11.3 Å². The van der Waals surface area contributed by atoms with E-state index < -0.39 is 5.92 Å². The molecule has 0 spiro atoms. The monoisotopic (exact) mass is 316 g/mol. The van der Waals surface area contributed by atoms with Crippen LogP contribution in [0.3, 0.4) is 0 Å². The fraction of sp³-hybridized carbons (Fsp3) is 0.167. The number of hydrogen-bond donors (Lipinski definition) is 1. The highest BCUT2D eigenvalue weighted by atomic mass is 32.1. The summed E-state index contributed by atoms with van der Waals surface area (Å²) in [4.78, 5) is 1.05. The second kappa shape index (κ2) is 6.36. The Kier molecular flexibility index (Phi) is 4.11. The molecule has 2 aromatic rings. The number of rotatable bonds is 3. The van der Waals surface area contributed by atoms with Crippen LogP contribution in [0.25, 0.3) is 0 Å². The van der Waals surface area contributed by atoms with Crippen LogP contribution in [-0.4, -0.2) is 0 Å². The molecule has 1 aromatic carbocycles. The van der Waals surface area contributed by atoms with E-state index in [-0.39, 0.29) is 12.0 Å². The molecule has 2 heterocycles. The van der Waals surface area contributed by atoms with E-state index in [1.165, 1.54) is 0 Å². The van der Waals surface area contributed by atoms with Crippen LogP contribution in [-0.2, 0) is 0 Å². The maximum absolute atomic E-state index is 9.65. The fourth-order valence-electron chi connectivity index (χ4n) is 2.90. The summed E-state index contributed by atoms with van der Waals surface area (Å²) in [7, 11) is 0. The first kappa shape index (κ1) is 14.9. The summed E-state index contributed by atoms with van der Waals surface area (Å²) in [5.74, 6) is -1.14. The number of nitrogens with one attached hydrogen (secondary N) is 1. The van der Waals surface area contributed by atoms with E-state index >= 15 is 0 Å². The van der Waals surface area contributed by atoms with Crippen LogP contribution in [0, 0.1) is 39.9 Å². The molecule has 1 N–H and O–H groups in total. The van der Waals surface area contributed by atoms with Crippen LogP contribution in [0.2, 0.25) is 0 Å². The molecule has 0 radical (unpaired) electrons. The molecule has 5 heteroatoms. The Balaban J connectivity index is 2.13. The van der Waals surface area contributed by atoms with Crippen LogP contribution >= 0.6 is 11.3 Å². The molecule has 0 unspecified atom stereocenters. The third kappa shape index (κ3) is 2.57. The average molecular weight is 316 g/mol. The molecule has 4 nitrogen and oxygen atoms in total. The topological polar surface area (TPSA) is 83.4 Å². The highest BCUT2D eigenvalue weighted by Gasteiger charge is 2.40. The molecule has 110 valence electrons. The van der Waals surface area contributed by atoms with E-state index in [2.05, 4.69) is 11.4 Å². The molecule has 2 atom stereocenters. The van der Waals surface area contributed by atoms with E-state index in [4.69, 9.17) is 0 Å². The SMILES string of the molecule is N#CC1=C(C(C#N)C#N)N[C@@H](c2ccccc2)[C@@H]1c1cccs1. The smallest absolute Gasteiger partial charge is 0.173 e. The number of benzene rings is 1. The number of allylic oxidation sites excluding steroid dienone is 1. The lowest BCUT2D eigenvalue weighted by Crippen LogP contribution is -2.21. The van der Waals surface area contributed by atoms with Gasteiger partial charge in [0.15, 0.2) is 5.92 Å². The number of hydrogen-bond acceptors (Lipinski definition) is 5. The van der Waals surface area contributed by atoms with Gasteiger partial charge < -0.3 is 5.32 Å². The molecule has 0 aliphatic carbocycles. The molecule has 1 aromatic heterocycles. The van der Waals surface area contributed by atoms with Gasteiger partial charge >= 0.3 is 0 Å². The third-order valence-electron chi connectivity index (χ3n) is 3.92. The van der Waals surface area contributed by atoms with Gasteiger partial charge in [0.25, 0.3) is 0 Å². The van der Waals surface area contributed by atoms with Crippen molar-refractivity contribution in [3.63, 3.8) is 0 Å². The van der Waals surface area contributed by atoms with Gasteiger partial charge in [-0.1, -0.05) is 36.4 Å². The van der Waals surface area contributed by atoms with Crippen molar-refractivity contribution in [2.24, 2.45) is 5.92 Å². The second-order valence-electron chi connectivity index (χ2n) is 5.16. The van der Waals surface area contributed by atoms with Crippen molar-refractivity contribution in [1.82, 2.24) is 5.32 Å². The van der Waals surface area contributed by atoms with Crippen LogP contribution in [0.4, 0.5) is 0 Å². The summed E-state index contributed by atoms with van der Waals surface area (Å²) in [6.45, 7) is 0. The summed E-state index contributed by atoms with van der Waals surface area (Å²) >= 11 is 1.58. The maximum Gasteiger partial charge on any atom is 0.173 e. The Labute approximate surface area is 138 Å². The number of nitriles is 3. The molecule has 3 rings (SSSR count). The summed E-state index contributed by atoms with van der Waals surface area (Å²) in [6.07, 6.45) is 0. The zero-order valence-electron chi connectivity index (χ0n) is 12.1. The molecular formula is C18H12N4S. The molecule has 0 bridgehead atoms. The van der Waals surface area contributed by atoms with Crippen molar-refractivity contribution in [1.29, 1.82) is 15.8 Å². The molecule has 1 aliphatic rings. The molecule has 0 saturated heterocycles. The van der Waals surface area contributed by atoms with Gasteiger partial charge in [0.2, 0.25) is 0 Å². The van der Waals surface area contributed by atoms with Gasteiger partial charge in [-0.2, -0.15) is 15.8 Å². The van der Waals surface area contributed by atoms with Crippen molar-refractivity contribution < 1.29 is 0 Å². The van der Waals surface area contributed by atoms with Gasteiger partial charge in [0.05, 0.1) is 41.4 Å². The van der Waals surface area contributed by atoms with Crippen LogP contribution < -0.4 is 5.32 Å². The largest absolute Gasteiger partial charge is 0.378 e. The maximum atomic E-state index is 9.65. The minimum Gasteiger partial charge on any atom is -0.378 e. The van der Waals surface area contributed by atoms with Crippen molar-refractivity contribution in [2.75, 3.05) is 0 Å². The van der Waals surface area contributed by atoms with Crippen molar-refractivity contribution in [3.8, 4) is 18.2 Å². The number of thiophene rings is 1. The normalized spacial score (nSPS) is 19.7. The van der Waals surface area contributed by atoms with Crippen molar-refractivity contribution >= 4 is 11.3 Å².